The van der Waals surface area contributed by atoms with Gasteiger partial charge in [0.25, 0.3) is 0 Å². The number of aromatic nitrogens is 2. The van der Waals surface area contributed by atoms with Gasteiger partial charge in [-0.15, -0.1) is 0 Å². The number of anilines is 1. The van der Waals surface area contributed by atoms with Crippen molar-refractivity contribution in [3.8, 4) is 0 Å². The summed E-state index contributed by atoms with van der Waals surface area (Å²) in [7, 11) is 0. The van der Waals surface area contributed by atoms with Crippen LogP contribution in [0.15, 0.2) is 47.1 Å². The van der Waals surface area contributed by atoms with Gasteiger partial charge in [0.2, 0.25) is 52.8 Å². The highest BCUT2D eigenvalue weighted by molar-refractivity contribution is 5.99. The first kappa shape index (κ1) is 74.3. The summed E-state index contributed by atoms with van der Waals surface area (Å²) in [6.45, 7) is 4.76. The molecule has 3 aromatic rings. The highest BCUT2D eigenvalue weighted by Crippen LogP contribution is 2.28. The number of amides is 8. The third kappa shape index (κ3) is 24.0. The predicted molar refractivity (Wildman–Crippen MR) is 324 cm³/mol. The molecule has 19 N–H and O–H groups in total. The fraction of sp³-hybridized carbons (Fsp3) is 0.614. The van der Waals surface area contributed by atoms with Crippen LogP contribution in [0.1, 0.15) is 84.6 Å². The number of aliphatic hydroxyl groups excluding tert-OH is 2. The number of benzene rings is 2. The Balaban J connectivity index is 1.56. The number of rotatable bonds is 29. The lowest BCUT2D eigenvalue weighted by Crippen LogP contribution is -2.60. The minimum Gasteiger partial charge on any atom is -0.393 e. The lowest BCUT2D eigenvalue weighted by atomic mass is 9.88. The molecule has 1 fully saturated rings. The molecule has 1 aliphatic rings. The topological polar surface area (TPSA) is 524 Å². The van der Waals surface area contributed by atoms with Gasteiger partial charge in [-0.05, 0) is 113 Å². The molecule has 0 saturated carbocycles. The summed E-state index contributed by atoms with van der Waals surface area (Å²) in [6, 6.07) is 1.10. The van der Waals surface area contributed by atoms with E-state index in [4.69, 9.17) is 32.4 Å². The zero-order valence-corrected chi connectivity index (χ0v) is 51.1. The first-order valence-electron chi connectivity index (χ1n) is 29.9. The number of nitrogens with one attached hydrogen (secondary N) is 9. The number of nitrogens with two attached hydrogens (primary N) is 4. The largest absolute Gasteiger partial charge is 0.393 e. The first-order valence-corrected chi connectivity index (χ1v) is 29.9. The van der Waals surface area contributed by atoms with Gasteiger partial charge in [-0.3, -0.25) is 58.1 Å². The molecule has 2 heterocycles. The number of nitrogens with zero attached hydrogens (tertiary/aromatic N) is 3. The minimum atomic E-state index is -1.67. The predicted octanol–water partition coefficient (Wildman–Crippen LogP) is -3.91. The van der Waals surface area contributed by atoms with Crippen LogP contribution in [0.2, 0.25) is 0 Å². The smallest absolute Gasteiger partial charge is 0.300 e. The summed E-state index contributed by atoms with van der Waals surface area (Å²) in [5.41, 5.74) is 24.5. The second-order valence-electron chi connectivity index (χ2n) is 22.2. The van der Waals surface area contributed by atoms with E-state index in [1.54, 1.807) is 30.3 Å². The summed E-state index contributed by atoms with van der Waals surface area (Å²) in [5.74, 6) is -11.1. The van der Waals surface area contributed by atoms with Crippen molar-refractivity contribution in [1.82, 2.24) is 52.8 Å². The van der Waals surface area contributed by atoms with Crippen LogP contribution in [-0.4, -0.2) is 204 Å². The molecule has 0 bridgehead atoms. The monoisotopic (exact) mass is 1270 g/mol. The summed E-state index contributed by atoms with van der Waals surface area (Å²) < 4.78 is 15.6. The van der Waals surface area contributed by atoms with Crippen molar-refractivity contribution in [1.29, 1.82) is 0 Å². The van der Waals surface area contributed by atoms with Gasteiger partial charge in [0, 0.05) is 37.9 Å². The molecule has 0 aliphatic carbocycles. The van der Waals surface area contributed by atoms with Gasteiger partial charge in [0.1, 0.15) is 36.8 Å². The Morgan fingerprint density at radius 1 is 0.711 bits per heavy atom. The maximum atomic E-state index is 14.5. The van der Waals surface area contributed by atoms with Crippen molar-refractivity contribution in [2.24, 2.45) is 40.7 Å². The van der Waals surface area contributed by atoms with Crippen LogP contribution in [0.3, 0.4) is 0 Å². The summed E-state index contributed by atoms with van der Waals surface area (Å²) in [5, 5.41) is 63.6. The Labute approximate surface area is 519 Å². The van der Waals surface area contributed by atoms with E-state index in [9.17, 15) is 68.3 Å². The number of nitro benzene ring substituents is 1. The van der Waals surface area contributed by atoms with E-state index >= 15 is 0 Å². The van der Waals surface area contributed by atoms with Crippen molar-refractivity contribution in [3.63, 3.8) is 0 Å². The summed E-state index contributed by atoms with van der Waals surface area (Å²) in [6.07, 6.45) is -5.07. The van der Waals surface area contributed by atoms with Gasteiger partial charge in [0.15, 0.2) is 17.1 Å². The summed E-state index contributed by atoms with van der Waals surface area (Å²) >= 11 is 0. The highest BCUT2D eigenvalue weighted by atomic mass is 16.6. The number of non-ortho nitro benzene ring substituents is 1. The number of aliphatic hydroxyl groups is 2. The highest BCUT2D eigenvalue weighted by Gasteiger charge is 2.37. The molecular formula is C57H88N16O17. The van der Waals surface area contributed by atoms with Crippen LogP contribution in [-0.2, 0) is 63.8 Å². The zero-order chi connectivity index (χ0) is 66.5. The SMILES string of the molecule is CC(C)C[C@H]1CC(=O)[C@@H](Cc2ccccc2)NC(=O)[C@@H](CCN)NC(=O)C(NC(=O)[C@H](CCN)NC(=O)[C@@H](NC(=O)COCCOCCNc2ccc([N+](=O)[O-])c3nonc23)[C@@H](C)O)CCNC(=O)[C@@H]([C@H](C)O)CC(=O)[C@H](CCN)NC(=O)[C@H](CCN)NC1=O. The molecule has 0 radical (unpaired) electrons. The van der Waals surface area contributed by atoms with Crippen molar-refractivity contribution >= 4 is 81.2 Å². The Hall–Kier alpha value is -8.18. The van der Waals surface area contributed by atoms with Crippen LogP contribution in [0.5, 0.6) is 0 Å². The molecule has 33 nitrogen and oxygen atoms in total. The molecule has 33 heteroatoms. The van der Waals surface area contributed by atoms with E-state index in [2.05, 4.69) is 62.8 Å². The fourth-order valence-corrected chi connectivity index (χ4v) is 9.75. The normalized spacial score (nSPS) is 21.8. The van der Waals surface area contributed by atoms with E-state index in [-0.39, 0.29) is 114 Å². The van der Waals surface area contributed by atoms with Gasteiger partial charge in [0.05, 0.1) is 60.6 Å². The van der Waals surface area contributed by atoms with Gasteiger partial charge < -0.3 is 90.5 Å². The third-order valence-corrected chi connectivity index (χ3v) is 14.5. The van der Waals surface area contributed by atoms with Gasteiger partial charge >= 0.3 is 5.69 Å². The van der Waals surface area contributed by atoms with E-state index in [1.807, 2.05) is 13.8 Å². The van der Waals surface area contributed by atoms with Crippen molar-refractivity contribution in [3.05, 3.63) is 58.1 Å². The number of fused-ring (bicyclic) bond motifs is 1. The molecule has 2 aromatic carbocycles. The Bertz CT molecular complexity index is 2880. The van der Waals surface area contributed by atoms with E-state index in [0.29, 0.717) is 11.3 Å². The summed E-state index contributed by atoms with van der Waals surface area (Å²) in [4.78, 5) is 151. The van der Waals surface area contributed by atoms with Gasteiger partial charge in [-0.1, -0.05) is 44.2 Å². The standard InChI is InChI=1S/C57H88N16O17/c1-31(2)26-35-28-45(76)43(27-34-8-6-5-7-9-34)69-55(83)40(14-19-60)66-56(84)42(16-21-63-52(80)36(32(3)74)29-46(77)37(12-17-58)64-53(81)39(13-18-59)65-51(35)79)67-54(82)41(15-20-61)68-57(85)48(33(4)75)70-47(78)30-89-25-24-88-23-22-62-38-10-11-44(73(86)87)50-49(38)71-90-72-50/h5-11,31-33,35-37,39-43,48,62,74-75H,12-30,58-61H2,1-4H3,(H,63,80)(H,64,81)(H,65,79)(H,66,84)(H,67,82)(H,68,85)(H,69,83)(H,70,78)/t32-,33+,35-,36+,37-,39-,40+,41-,42?,43+,48-/m0/s1. The van der Waals surface area contributed by atoms with Gasteiger partial charge in [-0.25, -0.2) is 4.63 Å². The Morgan fingerprint density at radius 2 is 1.31 bits per heavy atom. The Kier molecular flexibility index (Phi) is 31.7. The molecule has 1 aliphatic heterocycles. The second-order valence-corrected chi connectivity index (χ2v) is 22.2. The number of carbonyl (C=O) groups excluding carboxylic acids is 10. The van der Waals surface area contributed by atoms with E-state index < -0.39 is 162 Å². The molecule has 1 aromatic heterocycles. The van der Waals surface area contributed by atoms with Crippen LogP contribution in [0.25, 0.3) is 11.0 Å². The molecule has 90 heavy (non-hydrogen) atoms. The van der Waals surface area contributed by atoms with Crippen molar-refractivity contribution in [2.75, 3.05) is 71.0 Å². The molecule has 8 amide bonds. The maximum absolute atomic E-state index is 14.5. The fourth-order valence-electron chi connectivity index (χ4n) is 9.75. The van der Waals surface area contributed by atoms with Crippen molar-refractivity contribution in [2.45, 2.75) is 140 Å². The number of ether oxygens (including phenoxy) is 2. The Morgan fingerprint density at radius 3 is 1.92 bits per heavy atom. The molecule has 498 valence electrons. The van der Waals surface area contributed by atoms with E-state index in [0.717, 1.165) is 0 Å². The second kappa shape index (κ2) is 38.4. The number of hydrogen-bond acceptors (Lipinski definition) is 24. The first-order chi connectivity index (χ1) is 42.9. The van der Waals surface area contributed by atoms with E-state index in [1.165, 1.54) is 26.0 Å². The number of ketones is 2. The molecular weight excluding hydrogens is 1180 g/mol. The number of Topliss-reactive ketones (excluding diaryl/α,β-unsaturated/α-hetero) is 2. The molecule has 4 rings (SSSR count). The zero-order valence-electron chi connectivity index (χ0n) is 51.1. The number of carbonyl (C=O) groups is 10. The molecule has 0 spiro atoms. The molecule has 1 unspecified atom stereocenters. The minimum absolute atomic E-state index is 0.00831. The lowest BCUT2D eigenvalue weighted by molar-refractivity contribution is -0.383. The van der Waals surface area contributed by atoms with Crippen LogP contribution >= 0.6 is 0 Å². The maximum Gasteiger partial charge on any atom is 0.300 e. The average molecular weight is 1270 g/mol. The molecule has 11 atom stereocenters. The van der Waals surface area contributed by atoms with Gasteiger partial charge in [-0.2, -0.15) is 0 Å². The van der Waals surface area contributed by atoms with Crippen LogP contribution < -0.4 is 70.8 Å². The van der Waals surface area contributed by atoms with Crippen molar-refractivity contribution < 1.29 is 77.2 Å². The average Bonchev–Trinajstić information content (AvgIpc) is 1.78. The van der Waals surface area contributed by atoms with Crippen LogP contribution in [0, 0.1) is 27.9 Å². The lowest BCUT2D eigenvalue weighted by Gasteiger charge is -2.28. The molecule has 1 saturated heterocycles. The number of nitro groups is 1. The third-order valence-electron chi connectivity index (χ3n) is 14.5. The van der Waals surface area contributed by atoms with Crippen LogP contribution in [0.4, 0.5) is 11.4 Å². The quantitative estimate of drug-likeness (QED) is 0.0179. The number of hydrogen-bond donors (Lipinski definition) is 15.